The highest BCUT2D eigenvalue weighted by Crippen LogP contribution is 2.07. The van der Waals surface area contributed by atoms with Crippen LogP contribution in [0.5, 0.6) is 0 Å². The van der Waals surface area contributed by atoms with E-state index in [1.807, 2.05) is 0 Å². The zero-order valence-electron chi connectivity index (χ0n) is 7.94. The maximum Gasteiger partial charge on any atom is 0.243 e. The third kappa shape index (κ3) is 2.97. The monoisotopic (exact) mass is 201 g/mol. The largest absolute Gasteiger partial charge is 0.370 e. The highest BCUT2D eigenvalue weighted by Gasteiger charge is 2.27. The average Bonchev–Trinajstić information content (AvgIpc) is 2.43. The number of nitrogens with zero attached hydrogens (tertiary/aromatic N) is 1. The van der Waals surface area contributed by atoms with Gasteiger partial charge in [0.05, 0.1) is 12.6 Å². The van der Waals surface area contributed by atoms with Crippen molar-refractivity contribution < 1.29 is 14.3 Å². The molecule has 14 heavy (non-hydrogen) atoms. The van der Waals surface area contributed by atoms with Gasteiger partial charge in [-0.3, -0.25) is 9.59 Å². The van der Waals surface area contributed by atoms with Crippen molar-refractivity contribution in [1.82, 2.24) is 4.90 Å². The second-order valence-corrected chi connectivity index (χ2v) is 3.24. The average molecular weight is 201 g/mol. The van der Waals surface area contributed by atoms with Gasteiger partial charge in [0.15, 0.2) is 0 Å². The summed E-state index contributed by atoms with van der Waals surface area (Å²) in [5, 5.41) is 0. The molecule has 80 valence electrons. The first-order chi connectivity index (χ1) is 6.61. The lowest BCUT2D eigenvalue weighted by molar-refractivity contribution is -0.129. The van der Waals surface area contributed by atoms with Gasteiger partial charge in [-0.05, 0) is 6.42 Å². The molecular weight excluding hydrogens is 186 g/mol. The van der Waals surface area contributed by atoms with Gasteiger partial charge in [-0.1, -0.05) is 0 Å². The van der Waals surface area contributed by atoms with Crippen LogP contribution >= 0.6 is 0 Å². The molecule has 4 N–H and O–H groups in total. The van der Waals surface area contributed by atoms with Gasteiger partial charge in [-0.15, -0.1) is 0 Å². The summed E-state index contributed by atoms with van der Waals surface area (Å²) in [6.45, 7) is 1.36. The van der Waals surface area contributed by atoms with Gasteiger partial charge in [0.25, 0.3) is 0 Å². The zero-order valence-corrected chi connectivity index (χ0v) is 7.94. The molecule has 1 fully saturated rings. The molecular formula is C8H15N3O3. The molecule has 1 unspecified atom stereocenters. The van der Waals surface area contributed by atoms with E-state index in [9.17, 15) is 9.59 Å². The van der Waals surface area contributed by atoms with Crippen molar-refractivity contribution >= 4 is 11.8 Å². The Balaban J connectivity index is 2.13. The van der Waals surface area contributed by atoms with Crippen molar-refractivity contribution in [2.24, 2.45) is 11.5 Å². The quantitative estimate of drug-likeness (QED) is 0.505. The molecule has 2 amide bonds. The SMILES string of the molecule is NC(=O)COCCN1CCC(N)C1=O. The lowest BCUT2D eigenvalue weighted by Gasteiger charge is -2.15. The molecule has 1 saturated heterocycles. The fourth-order valence-electron chi connectivity index (χ4n) is 1.33. The fraction of sp³-hybridized carbons (Fsp3) is 0.750. The van der Waals surface area contributed by atoms with Crippen molar-refractivity contribution in [3.63, 3.8) is 0 Å². The minimum atomic E-state index is -0.505. The number of hydrogen-bond acceptors (Lipinski definition) is 4. The first-order valence-corrected chi connectivity index (χ1v) is 4.51. The highest BCUT2D eigenvalue weighted by molar-refractivity contribution is 5.83. The van der Waals surface area contributed by atoms with Crippen LogP contribution in [0.25, 0.3) is 0 Å². The van der Waals surface area contributed by atoms with Gasteiger partial charge < -0.3 is 21.1 Å². The number of ether oxygens (including phenoxy) is 1. The summed E-state index contributed by atoms with van der Waals surface area (Å²) < 4.78 is 4.93. The van der Waals surface area contributed by atoms with E-state index >= 15 is 0 Å². The van der Waals surface area contributed by atoms with Gasteiger partial charge in [0.2, 0.25) is 11.8 Å². The Labute approximate surface area is 82.2 Å². The third-order valence-corrected chi connectivity index (χ3v) is 2.09. The molecule has 6 heteroatoms. The van der Waals surface area contributed by atoms with Crippen LogP contribution in [0.2, 0.25) is 0 Å². The lowest BCUT2D eigenvalue weighted by Crippen LogP contribution is -2.36. The number of hydrogen-bond donors (Lipinski definition) is 2. The molecule has 1 atom stereocenters. The van der Waals surface area contributed by atoms with Crippen LogP contribution in [0.15, 0.2) is 0 Å². The molecule has 1 heterocycles. The Kier molecular flexibility index (Phi) is 3.84. The van der Waals surface area contributed by atoms with Crippen LogP contribution < -0.4 is 11.5 Å². The number of rotatable bonds is 5. The predicted molar refractivity (Wildman–Crippen MR) is 49.2 cm³/mol. The summed E-state index contributed by atoms with van der Waals surface area (Å²) in [5.74, 6) is -0.554. The molecule has 1 aliphatic rings. The van der Waals surface area contributed by atoms with Crippen molar-refractivity contribution in [3.05, 3.63) is 0 Å². The highest BCUT2D eigenvalue weighted by atomic mass is 16.5. The molecule has 0 radical (unpaired) electrons. The van der Waals surface area contributed by atoms with E-state index in [4.69, 9.17) is 16.2 Å². The molecule has 0 aromatic carbocycles. The number of carbonyl (C=O) groups is 2. The Hall–Kier alpha value is -1.14. The van der Waals surface area contributed by atoms with Gasteiger partial charge in [0.1, 0.15) is 6.61 Å². The van der Waals surface area contributed by atoms with E-state index in [2.05, 4.69) is 0 Å². The van der Waals surface area contributed by atoms with E-state index in [1.165, 1.54) is 0 Å². The van der Waals surface area contributed by atoms with Crippen molar-refractivity contribution in [2.45, 2.75) is 12.5 Å². The summed E-state index contributed by atoms with van der Waals surface area (Å²) in [6, 6.07) is -0.369. The Morgan fingerprint density at radius 3 is 2.86 bits per heavy atom. The van der Waals surface area contributed by atoms with E-state index in [1.54, 1.807) is 4.90 Å². The van der Waals surface area contributed by atoms with Crippen LogP contribution in [0.1, 0.15) is 6.42 Å². The summed E-state index contributed by atoms with van der Waals surface area (Å²) in [5.41, 5.74) is 10.4. The van der Waals surface area contributed by atoms with Crippen LogP contribution in [-0.2, 0) is 14.3 Å². The third-order valence-electron chi connectivity index (χ3n) is 2.09. The summed E-state index contributed by atoms with van der Waals surface area (Å²) in [4.78, 5) is 23.2. The zero-order chi connectivity index (χ0) is 10.6. The molecule has 0 saturated carbocycles. The van der Waals surface area contributed by atoms with Gasteiger partial charge in [-0.25, -0.2) is 0 Å². The fourth-order valence-corrected chi connectivity index (χ4v) is 1.33. The standard InChI is InChI=1S/C8H15N3O3/c9-6-1-2-11(8(6)13)3-4-14-5-7(10)12/h6H,1-5,9H2,(H2,10,12). The Morgan fingerprint density at radius 2 is 2.36 bits per heavy atom. The van der Waals surface area contributed by atoms with E-state index in [-0.39, 0.29) is 18.6 Å². The maximum absolute atomic E-state index is 11.3. The minimum absolute atomic E-state index is 0.0484. The summed E-state index contributed by atoms with van der Waals surface area (Å²) in [6.07, 6.45) is 0.689. The van der Waals surface area contributed by atoms with E-state index in [0.717, 1.165) is 0 Å². The number of likely N-dealkylation sites (tertiary alicyclic amines) is 1. The minimum Gasteiger partial charge on any atom is -0.370 e. The first-order valence-electron chi connectivity index (χ1n) is 4.51. The first kappa shape index (κ1) is 10.9. The van der Waals surface area contributed by atoms with Gasteiger partial charge >= 0.3 is 0 Å². The molecule has 1 rings (SSSR count). The molecule has 0 spiro atoms. The molecule has 1 aliphatic heterocycles. The smallest absolute Gasteiger partial charge is 0.243 e. The number of amides is 2. The van der Waals surface area contributed by atoms with Crippen LogP contribution in [0.4, 0.5) is 0 Å². The maximum atomic E-state index is 11.3. The number of carbonyl (C=O) groups excluding carboxylic acids is 2. The molecule has 0 aliphatic carbocycles. The van der Waals surface area contributed by atoms with Gasteiger partial charge in [-0.2, -0.15) is 0 Å². The molecule has 6 nitrogen and oxygen atoms in total. The van der Waals surface area contributed by atoms with Crippen LogP contribution in [0.3, 0.4) is 0 Å². The second kappa shape index (κ2) is 4.92. The number of nitrogens with two attached hydrogens (primary N) is 2. The van der Waals surface area contributed by atoms with Gasteiger partial charge in [0, 0.05) is 13.1 Å². The number of primary amides is 1. The Morgan fingerprint density at radius 1 is 1.64 bits per heavy atom. The van der Waals surface area contributed by atoms with Crippen molar-refractivity contribution in [2.75, 3.05) is 26.3 Å². The van der Waals surface area contributed by atoms with Crippen LogP contribution in [-0.4, -0.2) is 49.1 Å². The van der Waals surface area contributed by atoms with E-state index < -0.39 is 5.91 Å². The predicted octanol–water partition coefficient (Wildman–Crippen LogP) is -1.95. The molecule has 0 aromatic heterocycles. The Bertz CT molecular complexity index is 232. The normalized spacial score (nSPS) is 21.6. The van der Waals surface area contributed by atoms with E-state index in [0.29, 0.717) is 26.1 Å². The lowest BCUT2D eigenvalue weighted by atomic mass is 10.3. The molecule has 0 aromatic rings. The molecule has 0 bridgehead atoms. The van der Waals surface area contributed by atoms with Crippen LogP contribution in [0, 0.1) is 0 Å². The van der Waals surface area contributed by atoms with Crippen molar-refractivity contribution in [1.29, 1.82) is 0 Å². The van der Waals surface area contributed by atoms with Crippen molar-refractivity contribution in [3.8, 4) is 0 Å². The second-order valence-electron chi connectivity index (χ2n) is 3.24. The topological polar surface area (TPSA) is 98.7 Å². The summed E-state index contributed by atoms with van der Waals surface area (Å²) >= 11 is 0. The summed E-state index contributed by atoms with van der Waals surface area (Å²) in [7, 11) is 0.